The Bertz CT molecular complexity index is 1230. The summed E-state index contributed by atoms with van der Waals surface area (Å²) in [6, 6.07) is 15.9. The molecule has 136 valence electrons. The molecule has 0 aliphatic rings. The van der Waals surface area contributed by atoms with Crippen LogP contribution in [0, 0.1) is 11.3 Å². The van der Waals surface area contributed by atoms with E-state index < -0.39 is 5.91 Å². The Kier molecular flexibility index (Phi) is 4.23. The molecule has 0 aliphatic carbocycles. The van der Waals surface area contributed by atoms with Crippen LogP contribution >= 0.6 is 0 Å². The Morgan fingerprint density at radius 2 is 2.07 bits per heavy atom. The summed E-state index contributed by atoms with van der Waals surface area (Å²) >= 11 is 0. The maximum absolute atomic E-state index is 11.7. The SMILES string of the molecule is N#Cc1cccc(Nc2nc(On3nnc4ccccc43)ncc2C(N)=O)c1. The molecule has 0 unspecified atom stereocenters. The smallest absolute Gasteiger partial charge is 0.347 e. The van der Waals surface area contributed by atoms with Crippen molar-refractivity contribution in [3.8, 4) is 12.1 Å². The lowest BCUT2D eigenvalue weighted by atomic mass is 10.2. The molecule has 0 saturated carbocycles. The van der Waals surface area contributed by atoms with Gasteiger partial charge in [0.05, 0.1) is 11.6 Å². The maximum atomic E-state index is 11.7. The van der Waals surface area contributed by atoms with Crippen molar-refractivity contribution in [2.24, 2.45) is 5.73 Å². The quantitative estimate of drug-likeness (QED) is 0.539. The number of nitrogens with zero attached hydrogens (tertiary/aromatic N) is 6. The zero-order valence-corrected chi connectivity index (χ0v) is 14.3. The molecule has 2 heterocycles. The van der Waals surface area contributed by atoms with E-state index >= 15 is 0 Å². The molecule has 0 bridgehead atoms. The van der Waals surface area contributed by atoms with Gasteiger partial charge in [-0.15, -0.1) is 5.10 Å². The minimum absolute atomic E-state index is 0.0677. The van der Waals surface area contributed by atoms with Gasteiger partial charge in [0.25, 0.3) is 5.91 Å². The third-order valence-electron chi connectivity index (χ3n) is 3.78. The number of carbonyl (C=O) groups excluding carboxylic acids is 1. The molecule has 0 radical (unpaired) electrons. The Balaban J connectivity index is 1.69. The zero-order chi connectivity index (χ0) is 19.5. The lowest BCUT2D eigenvalue weighted by Crippen LogP contribution is -2.17. The van der Waals surface area contributed by atoms with E-state index in [-0.39, 0.29) is 17.4 Å². The van der Waals surface area contributed by atoms with Crippen LogP contribution in [0.3, 0.4) is 0 Å². The number of hydrogen-bond acceptors (Lipinski definition) is 8. The molecule has 3 N–H and O–H groups in total. The molecule has 10 heteroatoms. The molecular formula is C18H12N8O2. The number of benzene rings is 2. The van der Waals surface area contributed by atoms with Crippen LogP contribution in [0.5, 0.6) is 6.01 Å². The van der Waals surface area contributed by atoms with Crippen molar-refractivity contribution >= 4 is 28.4 Å². The summed E-state index contributed by atoms with van der Waals surface area (Å²) in [5.41, 5.74) is 7.74. The van der Waals surface area contributed by atoms with Crippen molar-refractivity contribution in [3.63, 3.8) is 0 Å². The largest absolute Gasteiger partial charge is 0.365 e. The van der Waals surface area contributed by atoms with E-state index in [4.69, 9.17) is 15.8 Å². The number of nitrogens with two attached hydrogens (primary N) is 1. The van der Waals surface area contributed by atoms with Crippen molar-refractivity contribution in [3.05, 3.63) is 65.9 Å². The predicted molar refractivity (Wildman–Crippen MR) is 98.5 cm³/mol. The monoisotopic (exact) mass is 372 g/mol. The first-order chi connectivity index (χ1) is 13.6. The van der Waals surface area contributed by atoms with Crippen LogP contribution < -0.4 is 15.9 Å². The molecule has 0 fully saturated rings. The Morgan fingerprint density at radius 1 is 1.21 bits per heavy atom. The second-order valence-corrected chi connectivity index (χ2v) is 5.64. The molecule has 0 aliphatic heterocycles. The molecule has 4 rings (SSSR count). The Morgan fingerprint density at radius 3 is 2.89 bits per heavy atom. The van der Waals surface area contributed by atoms with Gasteiger partial charge in [-0.25, -0.2) is 4.98 Å². The van der Waals surface area contributed by atoms with Crippen LogP contribution in [-0.2, 0) is 0 Å². The highest BCUT2D eigenvalue weighted by molar-refractivity contribution is 5.98. The van der Waals surface area contributed by atoms with E-state index in [0.717, 1.165) is 0 Å². The molecule has 0 saturated heterocycles. The number of fused-ring (bicyclic) bond motifs is 1. The fraction of sp³-hybridized carbons (Fsp3) is 0. The van der Waals surface area contributed by atoms with Gasteiger partial charge in [-0.05, 0) is 35.5 Å². The Labute approximate surface area is 158 Å². The summed E-state index contributed by atoms with van der Waals surface area (Å²) in [5.74, 6) is -0.575. The van der Waals surface area contributed by atoms with Crippen molar-refractivity contribution < 1.29 is 9.63 Å². The molecule has 4 aromatic rings. The number of amides is 1. The van der Waals surface area contributed by atoms with Gasteiger partial charge in [-0.3, -0.25) is 4.79 Å². The van der Waals surface area contributed by atoms with Gasteiger partial charge in [-0.1, -0.05) is 23.0 Å². The molecule has 0 atom stereocenters. The number of carbonyl (C=O) groups is 1. The van der Waals surface area contributed by atoms with Crippen molar-refractivity contribution in [1.82, 2.24) is 25.1 Å². The number of primary amides is 1. The third-order valence-corrected chi connectivity index (χ3v) is 3.78. The predicted octanol–water partition coefficient (Wildman–Crippen LogP) is 1.78. The molecule has 2 aromatic carbocycles. The lowest BCUT2D eigenvalue weighted by molar-refractivity contribution is 0.1000. The van der Waals surface area contributed by atoms with Crippen LogP contribution in [0.15, 0.2) is 54.7 Å². The van der Waals surface area contributed by atoms with Gasteiger partial charge in [0.15, 0.2) is 5.82 Å². The lowest BCUT2D eigenvalue weighted by Gasteiger charge is -2.10. The van der Waals surface area contributed by atoms with E-state index in [1.54, 1.807) is 36.4 Å². The molecule has 0 spiro atoms. The number of nitrogens with one attached hydrogen (secondary N) is 1. The topological polar surface area (TPSA) is 145 Å². The van der Waals surface area contributed by atoms with Crippen molar-refractivity contribution in [2.75, 3.05) is 5.32 Å². The van der Waals surface area contributed by atoms with Gasteiger partial charge in [0.2, 0.25) is 0 Å². The van der Waals surface area contributed by atoms with E-state index in [1.165, 1.54) is 11.0 Å². The van der Waals surface area contributed by atoms with E-state index in [2.05, 4.69) is 25.6 Å². The summed E-state index contributed by atoms with van der Waals surface area (Å²) < 4.78 is 0. The zero-order valence-electron chi connectivity index (χ0n) is 14.3. The Hall–Kier alpha value is -4.52. The number of para-hydroxylation sites is 1. The summed E-state index contributed by atoms with van der Waals surface area (Å²) in [5, 5.41) is 19.9. The summed E-state index contributed by atoms with van der Waals surface area (Å²) in [7, 11) is 0. The van der Waals surface area contributed by atoms with Crippen molar-refractivity contribution in [2.45, 2.75) is 0 Å². The van der Waals surface area contributed by atoms with Gasteiger partial charge >= 0.3 is 6.01 Å². The first-order valence-corrected chi connectivity index (χ1v) is 8.07. The first kappa shape index (κ1) is 16.9. The number of hydrogen-bond donors (Lipinski definition) is 2. The highest BCUT2D eigenvalue weighted by Crippen LogP contribution is 2.21. The third kappa shape index (κ3) is 3.27. The summed E-state index contributed by atoms with van der Waals surface area (Å²) in [6.07, 6.45) is 1.25. The van der Waals surface area contributed by atoms with E-state index in [0.29, 0.717) is 22.3 Å². The first-order valence-electron chi connectivity index (χ1n) is 8.07. The van der Waals surface area contributed by atoms with E-state index in [9.17, 15) is 4.79 Å². The molecular weight excluding hydrogens is 360 g/mol. The summed E-state index contributed by atoms with van der Waals surface area (Å²) in [6.45, 7) is 0. The number of anilines is 2. The fourth-order valence-electron chi connectivity index (χ4n) is 2.48. The van der Waals surface area contributed by atoms with Crippen LogP contribution in [-0.4, -0.2) is 31.0 Å². The van der Waals surface area contributed by atoms with Gasteiger partial charge < -0.3 is 15.9 Å². The van der Waals surface area contributed by atoms with Gasteiger partial charge in [-0.2, -0.15) is 10.2 Å². The van der Waals surface area contributed by atoms with Gasteiger partial charge in [0.1, 0.15) is 16.6 Å². The minimum Gasteiger partial charge on any atom is -0.365 e. The van der Waals surface area contributed by atoms with Crippen LogP contribution in [0.25, 0.3) is 11.0 Å². The second kappa shape index (κ2) is 7.00. The average Bonchev–Trinajstić information content (AvgIpc) is 3.11. The van der Waals surface area contributed by atoms with E-state index in [1.807, 2.05) is 18.2 Å². The number of aromatic nitrogens is 5. The van der Waals surface area contributed by atoms with Gasteiger partial charge in [0, 0.05) is 11.9 Å². The fourth-order valence-corrected chi connectivity index (χ4v) is 2.48. The van der Waals surface area contributed by atoms with Crippen LogP contribution in [0.1, 0.15) is 15.9 Å². The maximum Gasteiger partial charge on any atom is 0.347 e. The van der Waals surface area contributed by atoms with Crippen LogP contribution in [0.4, 0.5) is 11.5 Å². The second-order valence-electron chi connectivity index (χ2n) is 5.64. The number of nitriles is 1. The average molecular weight is 372 g/mol. The molecule has 28 heavy (non-hydrogen) atoms. The molecule has 10 nitrogen and oxygen atoms in total. The molecule has 2 aromatic heterocycles. The van der Waals surface area contributed by atoms with Crippen LogP contribution in [0.2, 0.25) is 0 Å². The van der Waals surface area contributed by atoms with Crippen molar-refractivity contribution in [1.29, 1.82) is 5.26 Å². The summed E-state index contributed by atoms with van der Waals surface area (Å²) in [4.78, 5) is 26.7. The highest BCUT2D eigenvalue weighted by Gasteiger charge is 2.15. The highest BCUT2D eigenvalue weighted by atomic mass is 16.7. The normalized spacial score (nSPS) is 10.4. The number of rotatable bonds is 5. The standard InChI is InChI=1S/C18H12N8O2/c19-9-11-4-3-5-12(8-11)22-17-13(16(20)27)10-21-18(23-17)28-26-15-7-2-1-6-14(15)24-25-26/h1-8,10H,(H2,20,27)(H,21,22,23). The molecule has 1 amide bonds. The minimum atomic E-state index is -0.711.